The number of hydrogen-bond donors (Lipinski definition) is 0. The van der Waals surface area contributed by atoms with E-state index in [4.69, 9.17) is 4.74 Å². The number of non-ortho nitro benzene ring substituents is 2. The van der Waals surface area contributed by atoms with Crippen molar-refractivity contribution < 1.29 is 29.1 Å². The fourth-order valence-electron chi connectivity index (χ4n) is 3.24. The standard InChI is InChI=1S/C20H10N4O9/c25-19-15-6-5-14(33-18-7-4-13(23(29)30)9-17(18)24(31)32)10-16(15)20(26)21(19)11-2-1-3-12(8-11)22(27)28/h1-10H. The molecule has 164 valence electrons. The van der Waals surface area contributed by atoms with Crippen LogP contribution in [0.15, 0.2) is 60.7 Å². The van der Waals surface area contributed by atoms with Crippen molar-refractivity contribution in [1.82, 2.24) is 0 Å². The lowest BCUT2D eigenvalue weighted by atomic mass is 10.1. The van der Waals surface area contributed by atoms with Crippen molar-refractivity contribution >= 4 is 34.6 Å². The lowest BCUT2D eigenvalue weighted by molar-refractivity contribution is -0.394. The van der Waals surface area contributed by atoms with Gasteiger partial charge in [0.25, 0.3) is 23.2 Å². The van der Waals surface area contributed by atoms with E-state index in [9.17, 15) is 39.9 Å². The SMILES string of the molecule is O=C1c2ccc(Oc3ccc([N+](=O)[O-])cc3[N+](=O)[O-])cc2C(=O)N1c1cccc([N+](=O)[O-])c1. The van der Waals surface area contributed by atoms with Gasteiger partial charge in [0.05, 0.1) is 37.7 Å². The van der Waals surface area contributed by atoms with Crippen molar-refractivity contribution in [2.45, 2.75) is 0 Å². The van der Waals surface area contributed by atoms with Crippen molar-refractivity contribution in [3.8, 4) is 11.5 Å². The molecule has 0 unspecified atom stereocenters. The highest BCUT2D eigenvalue weighted by atomic mass is 16.6. The van der Waals surface area contributed by atoms with Crippen molar-refractivity contribution in [3.05, 3.63) is 102 Å². The van der Waals surface area contributed by atoms with E-state index in [0.717, 1.165) is 29.2 Å². The maximum atomic E-state index is 12.9. The molecule has 3 aromatic carbocycles. The third kappa shape index (κ3) is 3.69. The molecule has 0 spiro atoms. The number of ether oxygens (including phenoxy) is 1. The van der Waals surface area contributed by atoms with E-state index in [0.29, 0.717) is 0 Å². The van der Waals surface area contributed by atoms with E-state index < -0.39 is 38.0 Å². The molecule has 3 aromatic rings. The first-order chi connectivity index (χ1) is 15.7. The van der Waals surface area contributed by atoms with E-state index in [-0.39, 0.29) is 34.0 Å². The van der Waals surface area contributed by atoms with Crippen LogP contribution in [0.2, 0.25) is 0 Å². The zero-order chi connectivity index (χ0) is 23.9. The average Bonchev–Trinajstić information content (AvgIpc) is 3.03. The summed E-state index contributed by atoms with van der Waals surface area (Å²) in [4.78, 5) is 57.3. The molecule has 0 aromatic heterocycles. The van der Waals surface area contributed by atoms with Crippen LogP contribution in [0.25, 0.3) is 0 Å². The van der Waals surface area contributed by atoms with Crippen LogP contribution in [0.4, 0.5) is 22.7 Å². The summed E-state index contributed by atoms with van der Waals surface area (Å²) in [5.74, 6) is -1.81. The molecule has 2 amide bonds. The van der Waals surface area contributed by atoms with Crippen molar-refractivity contribution in [1.29, 1.82) is 0 Å². The van der Waals surface area contributed by atoms with Gasteiger partial charge in [-0.05, 0) is 30.3 Å². The van der Waals surface area contributed by atoms with Crippen molar-refractivity contribution in [2.24, 2.45) is 0 Å². The van der Waals surface area contributed by atoms with Gasteiger partial charge in [-0.25, -0.2) is 4.90 Å². The third-order valence-corrected chi connectivity index (χ3v) is 4.73. The highest BCUT2D eigenvalue weighted by Crippen LogP contribution is 2.37. The zero-order valence-electron chi connectivity index (χ0n) is 16.2. The molecule has 1 heterocycles. The molecular weight excluding hydrogens is 440 g/mol. The lowest BCUT2D eigenvalue weighted by Gasteiger charge is -2.13. The number of anilines is 1. The second kappa shape index (κ2) is 7.81. The quantitative estimate of drug-likeness (QED) is 0.305. The van der Waals surface area contributed by atoms with Crippen LogP contribution in [0.5, 0.6) is 11.5 Å². The predicted molar refractivity (Wildman–Crippen MR) is 111 cm³/mol. The van der Waals surface area contributed by atoms with Gasteiger partial charge in [0.1, 0.15) is 5.75 Å². The Morgan fingerprint density at radius 2 is 1.36 bits per heavy atom. The van der Waals surface area contributed by atoms with E-state index in [1.807, 2.05) is 0 Å². The van der Waals surface area contributed by atoms with Crippen LogP contribution in [0.3, 0.4) is 0 Å². The molecule has 0 saturated heterocycles. The molecule has 1 aliphatic heterocycles. The molecule has 0 fully saturated rings. The number of imide groups is 1. The number of nitro benzene ring substituents is 3. The third-order valence-electron chi connectivity index (χ3n) is 4.73. The Kier molecular flexibility index (Phi) is 4.98. The molecule has 0 saturated carbocycles. The minimum atomic E-state index is -0.853. The van der Waals surface area contributed by atoms with E-state index in [2.05, 4.69) is 0 Å². The van der Waals surface area contributed by atoms with Gasteiger partial charge in [0, 0.05) is 18.2 Å². The van der Waals surface area contributed by atoms with Gasteiger partial charge in [-0.2, -0.15) is 0 Å². The summed E-state index contributed by atoms with van der Waals surface area (Å²) in [6.07, 6.45) is 0. The molecule has 0 N–H and O–H groups in total. The highest BCUT2D eigenvalue weighted by Gasteiger charge is 2.37. The molecule has 0 radical (unpaired) electrons. The molecule has 4 rings (SSSR count). The highest BCUT2D eigenvalue weighted by molar-refractivity contribution is 6.34. The van der Waals surface area contributed by atoms with E-state index in [1.54, 1.807) is 0 Å². The molecule has 13 heteroatoms. The summed E-state index contributed by atoms with van der Waals surface area (Å²) in [6.45, 7) is 0. The Labute approximate surface area is 182 Å². The van der Waals surface area contributed by atoms with Crippen LogP contribution < -0.4 is 9.64 Å². The van der Waals surface area contributed by atoms with Crippen molar-refractivity contribution in [2.75, 3.05) is 4.90 Å². The van der Waals surface area contributed by atoms with Gasteiger partial charge < -0.3 is 4.74 Å². The van der Waals surface area contributed by atoms with Gasteiger partial charge in [0.2, 0.25) is 5.75 Å². The van der Waals surface area contributed by atoms with Gasteiger partial charge in [-0.15, -0.1) is 0 Å². The number of benzene rings is 3. The Balaban J connectivity index is 1.68. The Morgan fingerprint density at radius 3 is 2.03 bits per heavy atom. The topological polar surface area (TPSA) is 176 Å². The lowest BCUT2D eigenvalue weighted by Crippen LogP contribution is -2.29. The summed E-state index contributed by atoms with van der Waals surface area (Å²) < 4.78 is 5.47. The first-order valence-electron chi connectivity index (χ1n) is 9.05. The second-order valence-electron chi connectivity index (χ2n) is 6.70. The molecule has 1 aliphatic rings. The van der Waals surface area contributed by atoms with Crippen LogP contribution >= 0.6 is 0 Å². The molecule has 33 heavy (non-hydrogen) atoms. The molecule has 0 bridgehead atoms. The molecule has 0 aliphatic carbocycles. The first-order valence-corrected chi connectivity index (χ1v) is 9.05. The second-order valence-corrected chi connectivity index (χ2v) is 6.70. The molecular formula is C20H10N4O9. The van der Waals surface area contributed by atoms with E-state index in [1.165, 1.54) is 36.4 Å². The Morgan fingerprint density at radius 1 is 0.697 bits per heavy atom. The first kappa shape index (κ1) is 21.0. The number of carbonyl (C=O) groups is 2. The number of amides is 2. The van der Waals surface area contributed by atoms with Crippen molar-refractivity contribution in [3.63, 3.8) is 0 Å². The summed E-state index contributed by atoms with van der Waals surface area (Å²) in [5, 5.41) is 33.2. The number of nitrogens with zero attached hydrogens (tertiary/aromatic N) is 4. The van der Waals surface area contributed by atoms with Crippen LogP contribution in [0.1, 0.15) is 20.7 Å². The summed E-state index contributed by atoms with van der Waals surface area (Å²) in [5.41, 5.74) is -1.53. The fourth-order valence-corrected chi connectivity index (χ4v) is 3.24. The summed E-state index contributed by atoms with van der Waals surface area (Å²) in [6, 6.07) is 11.6. The molecule has 13 nitrogen and oxygen atoms in total. The molecule has 0 atom stereocenters. The van der Waals surface area contributed by atoms with Gasteiger partial charge >= 0.3 is 5.69 Å². The monoisotopic (exact) mass is 450 g/mol. The van der Waals surface area contributed by atoms with Gasteiger partial charge in [-0.1, -0.05) is 6.07 Å². The van der Waals surface area contributed by atoms with Crippen LogP contribution in [0, 0.1) is 30.3 Å². The number of rotatable bonds is 6. The summed E-state index contributed by atoms with van der Waals surface area (Å²) >= 11 is 0. The number of nitro groups is 3. The van der Waals surface area contributed by atoms with Gasteiger partial charge in [-0.3, -0.25) is 39.9 Å². The Hall–Kier alpha value is -5.20. The van der Waals surface area contributed by atoms with Crippen LogP contribution in [-0.2, 0) is 0 Å². The average molecular weight is 450 g/mol. The van der Waals surface area contributed by atoms with Gasteiger partial charge in [0.15, 0.2) is 0 Å². The normalized spacial score (nSPS) is 12.4. The maximum Gasteiger partial charge on any atom is 0.318 e. The predicted octanol–water partition coefficient (Wildman–Crippen LogP) is 4.00. The zero-order valence-corrected chi connectivity index (χ0v) is 16.2. The number of carbonyl (C=O) groups excluding carboxylic acids is 2. The minimum absolute atomic E-state index is 0.00359. The Bertz CT molecular complexity index is 1390. The largest absolute Gasteiger partial charge is 0.450 e. The summed E-state index contributed by atoms with van der Waals surface area (Å²) in [7, 11) is 0. The maximum absolute atomic E-state index is 12.9. The van der Waals surface area contributed by atoms with E-state index >= 15 is 0 Å². The fraction of sp³-hybridized carbons (Fsp3) is 0. The smallest absolute Gasteiger partial charge is 0.318 e. The number of fused-ring (bicyclic) bond motifs is 1. The minimum Gasteiger partial charge on any atom is -0.450 e. The van der Waals surface area contributed by atoms with Crippen LogP contribution in [-0.4, -0.2) is 26.6 Å². The number of hydrogen-bond acceptors (Lipinski definition) is 9.